The van der Waals surface area contributed by atoms with Crippen molar-refractivity contribution in [2.45, 2.75) is 265 Å². The number of carbonyl (C=O) groups is 2. The van der Waals surface area contributed by atoms with Crippen molar-refractivity contribution in [3.05, 3.63) is 0 Å². The van der Waals surface area contributed by atoms with Crippen LogP contribution in [0.5, 0.6) is 0 Å². The summed E-state index contributed by atoms with van der Waals surface area (Å²) in [5.41, 5.74) is 0. The first kappa shape index (κ1) is 55.9. The molecule has 2 unspecified atom stereocenters. The van der Waals surface area contributed by atoms with E-state index in [9.17, 15) is 9.59 Å². The Balaban J connectivity index is 4.38. The van der Waals surface area contributed by atoms with Crippen LogP contribution in [0.25, 0.3) is 0 Å². The van der Waals surface area contributed by atoms with E-state index >= 15 is 0 Å². The summed E-state index contributed by atoms with van der Waals surface area (Å²) in [7, 11) is 0. The van der Waals surface area contributed by atoms with Crippen LogP contribution in [0.1, 0.15) is 265 Å². The van der Waals surface area contributed by atoms with Gasteiger partial charge in [-0.2, -0.15) is 0 Å². The van der Waals surface area contributed by atoms with Crippen LogP contribution in [0.15, 0.2) is 0 Å². The number of amides is 1. The van der Waals surface area contributed by atoms with E-state index in [-0.39, 0.29) is 18.5 Å². The number of aliphatic hydroxyl groups excluding tert-OH is 1. The Bertz CT molecular complexity index is 821. The zero-order valence-electron chi connectivity index (χ0n) is 39.1. The SMILES string of the molecule is CCCCCCCCC(CCCCCC)CCCCCCCCC(=O)N(CCCCCCOC(=O)CC(CCCCCC)CCCCCCCC)CCOCCO. The molecule has 0 heterocycles. The highest BCUT2D eigenvalue weighted by Crippen LogP contribution is 2.25. The Hall–Kier alpha value is -1.14. The van der Waals surface area contributed by atoms with Crippen molar-refractivity contribution in [2.75, 3.05) is 39.5 Å². The summed E-state index contributed by atoms with van der Waals surface area (Å²) < 4.78 is 11.2. The number of rotatable bonds is 47. The van der Waals surface area contributed by atoms with Crippen LogP contribution in [0, 0.1) is 11.8 Å². The first-order chi connectivity index (χ1) is 28.0. The topological polar surface area (TPSA) is 76.1 Å². The number of unbranched alkanes of at least 4 members (excludes halogenated alkanes) is 24. The number of ether oxygens (including phenoxy) is 2. The first-order valence-corrected chi connectivity index (χ1v) is 25.6. The van der Waals surface area contributed by atoms with Gasteiger partial charge >= 0.3 is 5.97 Å². The third-order valence-electron chi connectivity index (χ3n) is 12.3. The van der Waals surface area contributed by atoms with Gasteiger partial charge in [0.15, 0.2) is 0 Å². The normalized spacial score (nSPS) is 12.6. The summed E-state index contributed by atoms with van der Waals surface area (Å²) in [4.78, 5) is 27.9. The molecule has 0 bridgehead atoms. The van der Waals surface area contributed by atoms with E-state index in [1.807, 2.05) is 4.90 Å². The quantitative estimate of drug-likeness (QED) is 0.0489. The van der Waals surface area contributed by atoms with Crippen molar-refractivity contribution in [1.82, 2.24) is 4.90 Å². The molecule has 0 aliphatic rings. The van der Waals surface area contributed by atoms with Crippen LogP contribution in [0.2, 0.25) is 0 Å². The highest BCUT2D eigenvalue weighted by atomic mass is 16.5. The molecule has 0 aromatic carbocycles. The molecule has 1 amide bonds. The summed E-state index contributed by atoms with van der Waals surface area (Å²) in [6, 6.07) is 0. The number of esters is 1. The average molecular weight is 808 g/mol. The molecule has 2 atom stereocenters. The summed E-state index contributed by atoms with van der Waals surface area (Å²) in [6.45, 7) is 11.8. The molecule has 6 heteroatoms. The van der Waals surface area contributed by atoms with E-state index in [1.54, 1.807) is 0 Å². The van der Waals surface area contributed by atoms with Crippen LogP contribution in [-0.2, 0) is 19.1 Å². The Morgan fingerprint density at radius 2 is 0.842 bits per heavy atom. The van der Waals surface area contributed by atoms with E-state index in [0.29, 0.717) is 45.1 Å². The second-order valence-corrected chi connectivity index (χ2v) is 17.8. The van der Waals surface area contributed by atoms with E-state index in [1.165, 1.54) is 173 Å². The number of carbonyl (C=O) groups excluding carboxylic acids is 2. The van der Waals surface area contributed by atoms with Gasteiger partial charge in [0.2, 0.25) is 5.91 Å². The third kappa shape index (κ3) is 40.1. The monoisotopic (exact) mass is 808 g/mol. The predicted molar refractivity (Wildman–Crippen MR) is 246 cm³/mol. The standard InChI is InChI=1S/C51H101NO5/c1-5-9-13-17-21-29-36-48(35-27-15-11-7-3)37-30-23-19-20-24-32-40-50(54)52(42-45-56-46-43-53)41-33-25-26-34-44-57-51(55)47-49(38-28-16-12-8-4)39-31-22-18-14-10-6-2/h48-49,53H,5-47H2,1-4H3. The molecule has 0 fully saturated rings. The minimum Gasteiger partial charge on any atom is -0.466 e. The van der Waals surface area contributed by atoms with Gasteiger partial charge in [-0.05, 0) is 50.4 Å². The molecule has 0 saturated carbocycles. The highest BCUT2D eigenvalue weighted by molar-refractivity contribution is 5.76. The lowest BCUT2D eigenvalue weighted by Gasteiger charge is -2.23. The van der Waals surface area contributed by atoms with Crippen LogP contribution in [0.3, 0.4) is 0 Å². The maximum atomic E-state index is 13.2. The highest BCUT2D eigenvalue weighted by Gasteiger charge is 2.16. The van der Waals surface area contributed by atoms with Crippen molar-refractivity contribution in [3.8, 4) is 0 Å². The van der Waals surface area contributed by atoms with Crippen molar-refractivity contribution >= 4 is 11.9 Å². The summed E-state index contributed by atoms with van der Waals surface area (Å²) in [5, 5.41) is 9.11. The molecule has 0 radical (unpaired) electrons. The molecule has 0 aromatic heterocycles. The van der Waals surface area contributed by atoms with E-state index in [2.05, 4.69) is 27.7 Å². The molecular weight excluding hydrogens is 707 g/mol. The predicted octanol–water partition coefficient (Wildman–Crippen LogP) is 15.1. The van der Waals surface area contributed by atoms with Crippen molar-refractivity contribution in [3.63, 3.8) is 0 Å². The molecule has 57 heavy (non-hydrogen) atoms. The molecule has 0 saturated heterocycles. The Kier molecular flexibility index (Phi) is 45.0. The molecule has 0 rings (SSSR count). The Morgan fingerprint density at radius 1 is 0.439 bits per heavy atom. The number of hydrogen-bond acceptors (Lipinski definition) is 5. The minimum atomic E-state index is -0.0123. The maximum Gasteiger partial charge on any atom is 0.306 e. The number of aliphatic hydroxyl groups is 1. The molecule has 340 valence electrons. The van der Waals surface area contributed by atoms with Gasteiger partial charge in [-0.1, -0.05) is 214 Å². The molecule has 6 nitrogen and oxygen atoms in total. The fourth-order valence-electron chi connectivity index (χ4n) is 8.44. The largest absolute Gasteiger partial charge is 0.466 e. The van der Waals surface area contributed by atoms with Gasteiger partial charge in [-0.25, -0.2) is 0 Å². The molecule has 0 aromatic rings. The van der Waals surface area contributed by atoms with Gasteiger partial charge in [0.25, 0.3) is 0 Å². The van der Waals surface area contributed by atoms with Gasteiger partial charge in [-0.3, -0.25) is 9.59 Å². The molecular formula is C51H101NO5. The lowest BCUT2D eigenvalue weighted by atomic mass is 9.89. The fraction of sp³-hybridized carbons (Fsp3) is 0.961. The minimum absolute atomic E-state index is 0.00992. The lowest BCUT2D eigenvalue weighted by Crippen LogP contribution is -2.35. The zero-order valence-corrected chi connectivity index (χ0v) is 39.1. The van der Waals surface area contributed by atoms with Crippen LogP contribution >= 0.6 is 0 Å². The van der Waals surface area contributed by atoms with Crippen molar-refractivity contribution in [1.29, 1.82) is 0 Å². The fourth-order valence-corrected chi connectivity index (χ4v) is 8.44. The number of hydrogen-bond donors (Lipinski definition) is 1. The van der Waals surface area contributed by atoms with E-state index in [4.69, 9.17) is 14.6 Å². The van der Waals surface area contributed by atoms with Gasteiger partial charge in [-0.15, -0.1) is 0 Å². The average Bonchev–Trinajstić information content (AvgIpc) is 3.21. The molecule has 1 N–H and O–H groups in total. The third-order valence-corrected chi connectivity index (χ3v) is 12.3. The smallest absolute Gasteiger partial charge is 0.306 e. The molecule has 0 aliphatic heterocycles. The van der Waals surface area contributed by atoms with E-state index < -0.39 is 0 Å². The van der Waals surface area contributed by atoms with Gasteiger partial charge in [0.1, 0.15) is 0 Å². The molecule has 0 aliphatic carbocycles. The van der Waals surface area contributed by atoms with Gasteiger partial charge < -0.3 is 19.5 Å². The molecule has 0 spiro atoms. The number of nitrogens with zero attached hydrogens (tertiary/aromatic N) is 1. The Morgan fingerprint density at radius 3 is 1.33 bits per heavy atom. The first-order valence-electron chi connectivity index (χ1n) is 25.6. The second-order valence-electron chi connectivity index (χ2n) is 17.8. The second kappa shape index (κ2) is 45.9. The summed E-state index contributed by atoms with van der Waals surface area (Å²) in [6.07, 6.45) is 45.8. The van der Waals surface area contributed by atoms with Crippen LogP contribution < -0.4 is 0 Å². The van der Waals surface area contributed by atoms with Crippen molar-refractivity contribution < 1.29 is 24.2 Å². The van der Waals surface area contributed by atoms with Gasteiger partial charge in [0.05, 0.1) is 26.4 Å². The lowest BCUT2D eigenvalue weighted by molar-refractivity contribution is -0.145. The summed E-state index contributed by atoms with van der Waals surface area (Å²) in [5.74, 6) is 1.63. The van der Waals surface area contributed by atoms with E-state index in [0.717, 1.165) is 63.8 Å². The maximum absolute atomic E-state index is 13.2. The summed E-state index contributed by atoms with van der Waals surface area (Å²) >= 11 is 0. The zero-order chi connectivity index (χ0) is 41.7. The van der Waals surface area contributed by atoms with Crippen molar-refractivity contribution in [2.24, 2.45) is 11.8 Å². The van der Waals surface area contributed by atoms with Gasteiger partial charge in [0, 0.05) is 25.9 Å². The van der Waals surface area contributed by atoms with Crippen LogP contribution in [-0.4, -0.2) is 61.4 Å². The Labute approximate surface area is 356 Å². The van der Waals surface area contributed by atoms with Crippen LogP contribution in [0.4, 0.5) is 0 Å².